The number of hydrogen-bond acceptors (Lipinski definition) is 4. The zero-order valence-electron chi connectivity index (χ0n) is 11.2. The number of Topliss-reactive ketones (excluding diaryl/α,β-unsaturated/α-hetero) is 1. The van der Waals surface area contributed by atoms with Crippen molar-refractivity contribution >= 4 is 5.78 Å². The summed E-state index contributed by atoms with van der Waals surface area (Å²) in [6, 6.07) is 2.15. The molecule has 0 N–H and O–H groups in total. The molecule has 0 aromatic carbocycles. The van der Waals surface area contributed by atoms with Crippen LogP contribution in [0.1, 0.15) is 32.6 Å². The van der Waals surface area contributed by atoms with E-state index in [2.05, 4.69) is 19.1 Å². The zero-order chi connectivity index (χ0) is 13.5. The summed E-state index contributed by atoms with van der Waals surface area (Å²) in [6.07, 6.45) is 4.55. The number of carbonyl (C=O) groups excluding carboxylic acids is 1. The number of nitriles is 1. The minimum absolute atomic E-state index is 0.0552. The summed E-state index contributed by atoms with van der Waals surface area (Å²) in [7, 11) is 0. The van der Waals surface area contributed by atoms with Crippen LogP contribution < -0.4 is 0 Å². The van der Waals surface area contributed by atoms with Gasteiger partial charge in [0.2, 0.25) is 0 Å². The van der Waals surface area contributed by atoms with Crippen molar-refractivity contribution in [3.63, 3.8) is 0 Å². The third-order valence-electron chi connectivity index (χ3n) is 4.69. The highest BCUT2D eigenvalue weighted by Crippen LogP contribution is 2.52. The summed E-state index contributed by atoms with van der Waals surface area (Å²) in [5.74, 6) is -0.261. The molecular formula is C15H19NO3. The lowest BCUT2D eigenvalue weighted by atomic mass is 9.62. The van der Waals surface area contributed by atoms with Crippen molar-refractivity contribution in [2.24, 2.45) is 17.8 Å². The first-order valence-electron chi connectivity index (χ1n) is 7.02. The summed E-state index contributed by atoms with van der Waals surface area (Å²) in [5, 5.41) is 8.78. The lowest BCUT2D eigenvalue weighted by Crippen LogP contribution is -2.56. The maximum atomic E-state index is 12.3. The van der Waals surface area contributed by atoms with Gasteiger partial charge in [-0.2, -0.15) is 5.26 Å². The van der Waals surface area contributed by atoms with Crippen LogP contribution in [0.4, 0.5) is 0 Å². The fourth-order valence-electron chi connectivity index (χ4n) is 3.96. The van der Waals surface area contributed by atoms with Crippen molar-refractivity contribution in [3.05, 3.63) is 11.6 Å². The van der Waals surface area contributed by atoms with E-state index in [-0.39, 0.29) is 23.5 Å². The first-order valence-corrected chi connectivity index (χ1v) is 7.02. The van der Waals surface area contributed by atoms with E-state index in [0.717, 1.165) is 6.42 Å². The Hall–Kier alpha value is -1.18. The van der Waals surface area contributed by atoms with Gasteiger partial charge < -0.3 is 9.47 Å². The Balaban J connectivity index is 1.95. The summed E-state index contributed by atoms with van der Waals surface area (Å²) in [4.78, 5) is 12.3. The van der Waals surface area contributed by atoms with Crippen molar-refractivity contribution in [2.75, 3.05) is 13.2 Å². The highest BCUT2D eigenvalue weighted by atomic mass is 16.7. The molecule has 0 aromatic heterocycles. The Morgan fingerprint density at radius 2 is 2.16 bits per heavy atom. The van der Waals surface area contributed by atoms with Crippen LogP contribution in [-0.4, -0.2) is 24.8 Å². The number of ether oxygens (including phenoxy) is 2. The zero-order valence-corrected chi connectivity index (χ0v) is 11.2. The Labute approximate surface area is 113 Å². The van der Waals surface area contributed by atoms with E-state index in [1.807, 2.05) is 0 Å². The molecule has 1 unspecified atom stereocenters. The summed E-state index contributed by atoms with van der Waals surface area (Å²) < 4.78 is 11.9. The topological polar surface area (TPSA) is 59.3 Å². The lowest BCUT2D eigenvalue weighted by molar-refractivity contribution is -0.246. The molecule has 3 aliphatic rings. The highest BCUT2D eigenvalue weighted by molar-refractivity contribution is 5.83. The molecule has 1 aliphatic heterocycles. The molecule has 2 aliphatic carbocycles. The van der Waals surface area contributed by atoms with Gasteiger partial charge >= 0.3 is 0 Å². The molecule has 4 heteroatoms. The van der Waals surface area contributed by atoms with Crippen LogP contribution in [0, 0.1) is 29.1 Å². The molecule has 2 fully saturated rings. The molecule has 19 heavy (non-hydrogen) atoms. The third-order valence-corrected chi connectivity index (χ3v) is 4.69. The predicted molar refractivity (Wildman–Crippen MR) is 68.0 cm³/mol. The minimum atomic E-state index is -0.590. The van der Waals surface area contributed by atoms with E-state index in [4.69, 9.17) is 14.7 Å². The van der Waals surface area contributed by atoms with Gasteiger partial charge in [0.1, 0.15) is 5.78 Å². The molecule has 3 atom stereocenters. The normalized spacial score (nSPS) is 36.1. The molecule has 0 amide bonds. The summed E-state index contributed by atoms with van der Waals surface area (Å²) >= 11 is 0. The average Bonchev–Trinajstić information content (AvgIpc) is 2.83. The number of rotatable bonds is 2. The summed E-state index contributed by atoms with van der Waals surface area (Å²) in [6.45, 7) is 3.33. The van der Waals surface area contributed by atoms with Gasteiger partial charge in [-0.05, 0) is 19.8 Å². The van der Waals surface area contributed by atoms with Gasteiger partial charge in [-0.25, -0.2) is 0 Å². The van der Waals surface area contributed by atoms with Crippen molar-refractivity contribution in [1.82, 2.24) is 0 Å². The Bertz CT molecular complexity index is 457. The van der Waals surface area contributed by atoms with E-state index < -0.39 is 5.79 Å². The first kappa shape index (κ1) is 12.8. The van der Waals surface area contributed by atoms with Crippen LogP contribution in [0.15, 0.2) is 11.6 Å². The quantitative estimate of drug-likeness (QED) is 0.715. The number of hydrogen-bond donors (Lipinski definition) is 0. The fourth-order valence-corrected chi connectivity index (χ4v) is 3.96. The molecule has 4 nitrogen and oxygen atoms in total. The molecule has 1 saturated carbocycles. The first-order chi connectivity index (χ1) is 9.17. The lowest BCUT2D eigenvalue weighted by Gasteiger charge is -2.50. The Kier molecular flexibility index (Phi) is 3.20. The predicted octanol–water partition coefficient (Wildman–Crippen LogP) is 2.20. The molecule has 1 saturated heterocycles. The van der Waals surface area contributed by atoms with E-state index >= 15 is 0 Å². The van der Waals surface area contributed by atoms with E-state index in [9.17, 15) is 4.79 Å². The van der Waals surface area contributed by atoms with Gasteiger partial charge in [-0.1, -0.05) is 11.6 Å². The van der Waals surface area contributed by atoms with E-state index in [1.54, 1.807) is 0 Å². The van der Waals surface area contributed by atoms with Crippen LogP contribution in [-0.2, 0) is 14.3 Å². The van der Waals surface area contributed by atoms with Crippen molar-refractivity contribution < 1.29 is 14.3 Å². The number of ketones is 1. The SMILES string of the molecule is CC1=C[C@@H]2CC(=O)C(CCC#N)[C@H](C1)C21OCCO1. The second-order valence-electron chi connectivity index (χ2n) is 5.82. The van der Waals surface area contributed by atoms with Crippen LogP contribution >= 0.6 is 0 Å². The number of nitrogens with zero attached hydrogens (tertiary/aromatic N) is 1. The van der Waals surface area contributed by atoms with Gasteiger partial charge in [0.15, 0.2) is 5.79 Å². The molecule has 3 rings (SSSR count). The van der Waals surface area contributed by atoms with Crippen molar-refractivity contribution in [2.45, 2.75) is 38.4 Å². The second kappa shape index (κ2) is 4.73. The molecular weight excluding hydrogens is 242 g/mol. The molecule has 1 spiro atoms. The minimum Gasteiger partial charge on any atom is -0.347 e. The van der Waals surface area contributed by atoms with Gasteiger partial charge in [0.05, 0.1) is 19.3 Å². The Morgan fingerprint density at radius 1 is 1.42 bits per heavy atom. The van der Waals surface area contributed by atoms with Crippen LogP contribution in [0.2, 0.25) is 0 Å². The molecule has 0 aromatic rings. The van der Waals surface area contributed by atoms with Crippen molar-refractivity contribution in [1.29, 1.82) is 5.26 Å². The highest BCUT2D eigenvalue weighted by Gasteiger charge is 2.59. The monoisotopic (exact) mass is 261 g/mol. The fraction of sp³-hybridized carbons (Fsp3) is 0.733. The van der Waals surface area contributed by atoms with E-state index in [1.165, 1.54) is 5.57 Å². The Morgan fingerprint density at radius 3 is 2.84 bits per heavy atom. The third kappa shape index (κ3) is 1.92. The van der Waals surface area contributed by atoms with E-state index in [0.29, 0.717) is 32.5 Å². The average molecular weight is 261 g/mol. The van der Waals surface area contributed by atoms with Crippen molar-refractivity contribution in [3.8, 4) is 6.07 Å². The molecule has 0 radical (unpaired) electrons. The van der Waals surface area contributed by atoms with Gasteiger partial charge in [0.25, 0.3) is 0 Å². The smallest absolute Gasteiger partial charge is 0.178 e. The largest absolute Gasteiger partial charge is 0.347 e. The molecule has 1 heterocycles. The summed E-state index contributed by atoms with van der Waals surface area (Å²) in [5.41, 5.74) is 1.31. The van der Waals surface area contributed by atoms with Crippen LogP contribution in [0.3, 0.4) is 0 Å². The van der Waals surface area contributed by atoms with Crippen LogP contribution in [0.5, 0.6) is 0 Å². The van der Waals surface area contributed by atoms with Gasteiger partial charge in [0, 0.05) is 30.6 Å². The van der Waals surface area contributed by atoms with Gasteiger partial charge in [-0.3, -0.25) is 4.79 Å². The molecule has 2 bridgehead atoms. The number of allylic oxidation sites excluding steroid dienone is 1. The number of carbonyl (C=O) groups is 1. The van der Waals surface area contributed by atoms with Crippen LogP contribution in [0.25, 0.3) is 0 Å². The maximum Gasteiger partial charge on any atom is 0.178 e. The second-order valence-corrected chi connectivity index (χ2v) is 5.82. The standard InChI is InChI=1S/C15H19NO3/c1-10-7-11-9-14(17)12(3-2-4-16)13(8-10)15(11)18-5-6-19-15/h7,11-13H,2-3,5-6,8-9H2,1H3/t11-,12?,13+/m1/s1. The molecule has 102 valence electrons. The maximum absolute atomic E-state index is 12.3. The van der Waals surface area contributed by atoms with Gasteiger partial charge in [-0.15, -0.1) is 0 Å².